The summed E-state index contributed by atoms with van der Waals surface area (Å²) in [7, 11) is 1.79. The molecule has 6 heteroatoms. The molecule has 0 saturated heterocycles. The van der Waals surface area contributed by atoms with E-state index < -0.39 is 0 Å². The molecule has 2 aromatic heterocycles. The molecule has 112 valence electrons. The predicted molar refractivity (Wildman–Crippen MR) is 86.4 cm³/mol. The van der Waals surface area contributed by atoms with E-state index in [1.807, 2.05) is 20.8 Å². The number of nitrogens with zero attached hydrogens (tertiary/aromatic N) is 2. The first-order valence-corrected chi connectivity index (χ1v) is 8.31. The summed E-state index contributed by atoms with van der Waals surface area (Å²) in [5.41, 5.74) is 1.56. The zero-order chi connectivity index (χ0) is 15.7. The molecule has 1 atom stereocenters. The summed E-state index contributed by atoms with van der Waals surface area (Å²) in [6.07, 6.45) is 0. The molecule has 0 N–H and O–H groups in total. The standard InChI is InChI=1S/C15H18N2O2S2/c1-8-14(21-11(4)16-8)9(2)17(5)15(19)13-6-12(7-20-13)10(3)18/h6-7,9H,1-5H3. The number of aromatic nitrogens is 1. The average Bonchev–Trinajstić information content (AvgIpc) is 3.03. The largest absolute Gasteiger partial charge is 0.333 e. The lowest BCUT2D eigenvalue weighted by Gasteiger charge is -2.23. The maximum Gasteiger partial charge on any atom is 0.264 e. The monoisotopic (exact) mass is 322 g/mol. The van der Waals surface area contributed by atoms with Crippen molar-refractivity contribution in [1.29, 1.82) is 0 Å². The molecule has 2 aromatic rings. The minimum atomic E-state index is -0.0644. The number of ketones is 1. The summed E-state index contributed by atoms with van der Waals surface area (Å²) in [6, 6.07) is 1.63. The molecule has 0 fully saturated rings. The van der Waals surface area contributed by atoms with Crippen LogP contribution < -0.4 is 0 Å². The van der Waals surface area contributed by atoms with Crippen molar-refractivity contribution in [3.05, 3.63) is 37.5 Å². The number of hydrogen-bond acceptors (Lipinski definition) is 5. The van der Waals surface area contributed by atoms with E-state index in [0.29, 0.717) is 10.4 Å². The number of aryl methyl sites for hydroxylation is 2. The Bertz CT molecular complexity index is 688. The van der Waals surface area contributed by atoms with E-state index in [4.69, 9.17) is 0 Å². The highest BCUT2D eigenvalue weighted by Gasteiger charge is 2.23. The zero-order valence-electron chi connectivity index (χ0n) is 12.8. The van der Waals surface area contributed by atoms with Crippen molar-refractivity contribution in [2.24, 2.45) is 0 Å². The fourth-order valence-electron chi connectivity index (χ4n) is 2.09. The number of carbonyl (C=O) groups excluding carboxylic acids is 2. The zero-order valence-corrected chi connectivity index (χ0v) is 14.4. The van der Waals surface area contributed by atoms with Crippen molar-refractivity contribution in [1.82, 2.24) is 9.88 Å². The Hall–Kier alpha value is -1.53. The summed E-state index contributed by atoms with van der Waals surface area (Å²) >= 11 is 2.93. The first kappa shape index (κ1) is 15.9. The summed E-state index contributed by atoms with van der Waals surface area (Å²) in [4.78, 5) is 31.7. The molecule has 0 bridgehead atoms. The van der Waals surface area contributed by atoms with Gasteiger partial charge in [-0.25, -0.2) is 4.98 Å². The lowest BCUT2D eigenvalue weighted by Crippen LogP contribution is -2.29. The lowest BCUT2D eigenvalue weighted by molar-refractivity contribution is 0.0749. The van der Waals surface area contributed by atoms with Crippen LogP contribution in [0.5, 0.6) is 0 Å². The third-order valence-electron chi connectivity index (χ3n) is 3.44. The molecule has 4 nitrogen and oxygen atoms in total. The van der Waals surface area contributed by atoms with E-state index in [1.54, 1.807) is 34.7 Å². The molecular weight excluding hydrogens is 304 g/mol. The second-order valence-corrected chi connectivity index (χ2v) is 7.18. The van der Waals surface area contributed by atoms with Gasteiger partial charge in [0.1, 0.15) is 0 Å². The molecule has 2 heterocycles. The van der Waals surface area contributed by atoms with E-state index in [-0.39, 0.29) is 17.7 Å². The van der Waals surface area contributed by atoms with Gasteiger partial charge in [0.15, 0.2) is 5.78 Å². The van der Waals surface area contributed by atoms with E-state index in [2.05, 4.69) is 4.98 Å². The molecule has 0 saturated carbocycles. The van der Waals surface area contributed by atoms with Crippen molar-refractivity contribution >= 4 is 34.4 Å². The van der Waals surface area contributed by atoms with Crippen molar-refractivity contribution in [3.8, 4) is 0 Å². The second kappa shape index (κ2) is 6.07. The first-order valence-electron chi connectivity index (χ1n) is 6.61. The van der Waals surface area contributed by atoms with E-state index >= 15 is 0 Å². The van der Waals surface area contributed by atoms with Crippen LogP contribution in [0.4, 0.5) is 0 Å². The van der Waals surface area contributed by atoms with Gasteiger partial charge in [-0.1, -0.05) is 0 Å². The molecular formula is C15H18N2O2S2. The third kappa shape index (κ3) is 3.22. The van der Waals surface area contributed by atoms with Crippen molar-refractivity contribution in [3.63, 3.8) is 0 Å². The maximum atomic E-state index is 12.5. The van der Waals surface area contributed by atoms with Gasteiger partial charge in [-0.05, 0) is 33.8 Å². The van der Waals surface area contributed by atoms with Gasteiger partial charge < -0.3 is 4.90 Å². The molecule has 0 aliphatic rings. The summed E-state index contributed by atoms with van der Waals surface area (Å²) in [6.45, 7) is 7.43. The molecule has 2 rings (SSSR count). The smallest absolute Gasteiger partial charge is 0.264 e. The van der Waals surface area contributed by atoms with Gasteiger partial charge in [0.05, 0.1) is 21.6 Å². The van der Waals surface area contributed by atoms with Crippen LogP contribution in [0.1, 0.15) is 55.5 Å². The topological polar surface area (TPSA) is 50.3 Å². The van der Waals surface area contributed by atoms with Gasteiger partial charge in [-0.2, -0.15) is 0 Å². The van der Waals surface area contributed by atoms with Crippen LogP contribution in [0, 0.1) is 13.8 Å². The fourth-order valence-corrected chi connectivity index (χ4v) is 4.04. The molecule has 1 amide bonds. The molecule has 21 heavy (non-hydrogen) atoms. The number of rotatable bonds is 4. The maximum absolute atomic E-state index is 12.5. The van der Waals surface area contributed by atoms with Gasteiger partial charge >= 0.3 is 0 Å². The fraction of sp³-hybridized carbons (Fsp3) is 0.400. The molecule has 0 aliphatic heterocycles. The number of amides is 1. The summed E-state index contributed by atoms with van der Waals surface area (Å²) in [5, 5.41) is 2.74. The molecule has 0 radical (unpaired) electrons. The molecule has 0 aliphatic carbocycles. The Balaban J connectivity index is 2.21. The van der Waals surface area contributed by atoms with E-state index in [0.717, 1.165) is 15.6 Å². The van der Waals surface area contributed by atoms with E-state index in [1.165, 1.54) is 18.3 Å². The van der Waals surface area contributed by atoms with Crippen LogP contribution >= 0.6 is 22.7 Å². The van der Waals surface area contributed by atoms with Crippen LogP contribution in [-0.4, -0.2) is 28.6 Å². The van der Waals surface area contributed by atoms with Gasteiger partial charge in [-0.15, -0.1) is 22.7 Å². The first-order chi connectivity index (χ1) is 9.81. The Morgan fingerprint density at radius 3 is 2.48 bits per heavy atom. The Kier molecular flexibility index (Phi) is 4.58. The minimum Gasteiger partial charge on any atom is -0.333 e. The SMILES string of the molecule is CC(=O)c1csc(C(=O)N(C)C(C)c2sc(C)nc2C)c1. The minimum absolute atomic E-state index is 0.0186. The third-order valence-corrected chi connectivity index (χ3v) is 5.60. The average molecular weight is 322 g/mol. The highest BCUT2D eigenvalue weighted by atomic mass is 32.1. The van der Waals surface area contributed by atoms with Crippen LogP contribution in [-0.2, 0) is 0 Å². The van der Waals surface area contributed by atoms with Crippen molar-refractivity contribution in [2.45, 2.75) is 33.7 Å². The molecule has 0 aromatic carbocycles. The normalized spacial score (nSPS) is 12.2. The number of carbonyl (C=O) groups is 2. The van der Waals surface area contributed by atoms with Crippen LogP contribution in [0.2, 0.25) is 0 Å². The summed E-state index contributed by atoms with van der Waals surface area (Å²) in [5.74, 6) is -0.0830. The quantitative estimate of drug-likeness (QED) is 0.803. The molecule has 0 spiro atoms. The van der Waals surface area contributed by atoms with Gasteiger partial charge in [0.2, 0.25) is 0 Å². The number of thiazole rings is 1. The second-order valence-electron chi connectivity index (χ2n) is 5.03. The van der Waals surface area contributed by atoms with E-state index in [9.17, 15) is 9.59 Å². The van der Waals surface area contributed by atoms with Gasteiger partial charge in [0.25, 0.3) is 5.91 Å². The Morgan fingerprint density at radius 2 is 2.00 bits per heavy atom. The number of Topliss-reactive ketones (excluding diaryl/α,β-unsaturated/α-hetero) is 1. The molecule has 1 unspecified atom stereocenters. The van der Waals surface area contributed by atoms with Gasteiger partial charge in [-0.3, -0.25) is 9.59 Å². The van der Waals surface area contributed by atoms with Gasteiger partial charge in [0, 0.05) is 22.9 Å². The van der Waals surface area contributed by atoms with Crippen LogP contribution in [0.3, 0.4) is 0 Å². The van der Waals surface area contributed by atoms with Crippen LogP contribution in [0.25, 0.3) is 0 Å². The van der Waals surface area contributed by atoms with Crippen molar-refractivity contribution < 1.29 is 9.59 Å². The highest BCUT2D eigenvalue weighted by Crippen LogP contribution is 2.30. The predicted octanol–water partition coefficient (Wildman–Crippen LogP) is 3.86. The lowest BCUT2D eigenvalue weighted by atomic mass is 10.2. The summed E-state index contributed by atoms with van der Waals surface area (Å²) < 4.78 is 0. The highest BCUT2D eigenvalue weighted by molar-refractivity contribution is 7.12. The number of hydrogen-bond donors (Lipinski definition) is 0. The number of thiophene rings is 1. The van der Waals surface area contributed by atoms with Crippen molar-refractivity contribution in [2.75, 3.05) is 7.05 Å². The van der Waals surface area contributed by atoms with Crippen LogP contribution in [0.15, 0.2) is 11.4 Å². The Labute approximate surface area is 132 Å². The Morgan fingerprint density at radius 1 is 1.33 bits per heavy atom.